The third kappa shape index (κ3) is 6.91. The summed E-state index contributed by atoms with van der Waals surface area (Å²) in [7, 11) is 0. The van der Waals surface area contributed by atoms with Gasteiger partial charge in [-0.1, -0.05) is 13.8 Å². The molecule has 100 valence electrons. The lowest BCUT2D eigenvalue weighted by Gasteiger charge is -2.17. The Labute approximate surface area is 101 Å². The molecule has 0 aromatic heterocycles. The predicted molar refractivity (Wildman–Crippen MR) is 61.3 cm³/mol. The number of aliphatic carboxylic acids is 1. The maximum absolute atomic E-state index is 11.4. The van der Waals surface area contributed by atoms with Crippen LogP contribution < -0.4 is 5.32 Å². The van der Waals surface area contributed by atoms with E-state index >= 15 is 0 Å². The van der Waals surface area contributed by atoms with E-state index in [0.717, 1.165) is 0 Å². The molecule has 4 N–H and O–H groups in total. The van der Waals surface area contributed by atoms with Crippen LogP contribution >= 0.6 is 0 Å². The average molecular weight is 247 g/mol. The molecule has 0 aliphatic carbocycles. The second-order valence-electron chi connectivity index (χ2n) is 4.36. The van der Waals surface area contributed by atoms with Crippen molar-refractivity contribution in [2.45, 2.75) is 45.3 Å². The zero-order valence-electron chi connectivity index (χ0n) is 10.2. The van der Waals surface area contributed by atoms with Gasteiger partial charge in [-0.05, 0) is 18.8 Å². The van der Waals surface area contributed by atoms with Crippen LogP contribution in [0.3, 0.4) is 0 Å². The van der Waals surface area contributed by atoms with Crippen LogP contribution in [0.4, 0.5) is 0 Å². The minimum absolute atomic E-state index is 0.146. The SMILES string of the molecule is CC(C)C(NC(=O)CCC[C@@H](O)CO)C(=O)O. The molecule has 0 aliphatic heterocycles. The highest BCUT2D eigenvalue weighted by molar-refractivity contribution is 5.83. The van der Waals surface area contributed by atoms with Crippen LogP contribution in [-0.4, -0.2) is 45.9 Å². The number of carbonyl (C=O) groups excluding carboxylic acids is 1. The second kappa shape index (κ2) is 8.03. The Hall–Kier alpha value is -1.14. The number of carboxylic acid groups (broad SMARTS) is 1. The Morgan fingerprint density at radius 2 is 1.88 bits per heavy atom. The maximum atomic E-state index is 11.4. The molecule has 0 saturated carbocycles. The van der Waals surface area contributed by atoms with E-state index in [2.05, 4.69) is 5.32 Å². The average Bonchev–Trinajstić information content (AvgIpc) is 2.24. The van der Waals surface area contributed by atoms with E-state index in [1.807, 2.05) is 0 Å². The highest BCUT2D eigenvalue weighted by Gasteiger charge is 2.22. The normalized spacial score (nSPS) is 14.4. The number of nitrogens with one attached hydrogen (secondary N) is 1. The molecule has 0 aromatic carbocycles. The molecule has 0 rings (SSSR count). The molecular weight excluding hydrogens is 226 g/mol. The predicted octanol–water partition coefficient (Wildman–Crippen LogP) is -0.265. The lowest BCUT2D eigenvalue weighted by atomic mass is 10.0. The lowest BCUT2D eigenvalue weighted by Crippen LogP contribution is -2.44. The topological polar surface area (TPSA) is 107 Å². The molecule has 0 aromatic rings. The summed E-state index contributed by atoms with van der Waals surface area (Å²) in [6.07, 6.45) is 0.0673. The summed E-state index contributed by atoms with van der Waals surface area (Å²) in [6, 6.07) is -0.884. The van der Waals surface area contributed by atoms with Gasteiger partial charge in [-0.2, -0.15) is 0 Å². The summed E-state index contributed by atoms with van der Waals surface area (Å²) in [5, 5.41) is 28.9. The van der Waals surface area contributed by atoms with E-state index in [1.165, 1.54) is 0 Å². The standard InChI is InChI=1S/C11H21NO5/c1-7(2)10(11(16)17)12-9(15)5-3-4-8(14)6-13/h7-8,10,13-14H,3-6H2,1-2H3,(H,12,15)(H,16,17)/t8-,10?/m1/s1. The van der Waals surface area contributed by atoms with Gasteiger partial charge in [-0.25, -0.2) is 4.79 Å². The number of hydrogen-bond acceptors (Lipinski definition) is 4. The zero-order chi connectivity index (χ0) is 13.4. The summed E-state index contributed by atoms with van der Waals surface area (Å²) < 4.78 is 0. The van der Waals surface area contributed by atoms with E-state index in [1.54, 1.807) is 13.8 Å². The Balaban J connectivity index is 3.95. The van der Waals surface area contributed by atoms with E-state index < -0.39 is 18.1 Å². The van der Waals surface area contributed by atoms with Crippen LogP contribution in [-0.2, 0) is 9.59 Å². The van der Waals surface area contributed by atoms with Crippen molar-refractivity contribution in [3.63, 3.8) is 0 Å². The van der Waals surface area contributed by atoms with Crippen LogP contribution in [0.1, 0.15) is 33.1 Å². The van der Waals surface area contributed by atoms with Gasteiger partial charge in [0.25, 0.3) is 0 Å². The molecule has 0 radical (unpaired) electrons. The van der Waals surface area contributed by atoms with Gasteiger partial charge in [0.1, 0.15) is 6.04 Å². The Morgan fingerprint density at radius 1 is 1.29 bits per heavy atom. The third-order valence-corrected chi connectivity index (χ3v) is 2.40. The molecule has 1 amide bonds. The lowest BCUT2D eigenvalue weighted by molar-refractivity contribution is -0.143. The summed E-state index contributed by atoms with van der Waals surface area (Å²) >= 11 is 0. The van der Waals surface area contributed by atoms with Crippen molar-refractivity contribution in [3.8, 4) is 0 Å². The van der Waals surface area contributed by atoms with Gasteiger partial charge >= 0.3 is 5.97 Å². The van der Waals surface area contributed by atoms with Crippen molar-refractivity contribution in [1.29, 1.82) is 0 Å². The molecule has 6 heteroatoms. The van der Waals surface area contributed by atoms with Gasteiger partial charge in [-0.15, -0.1) is 0 Å². The second-order valence-corrected chi connectivity index (χ2v) is 4.36. The van der Waals surface area contributed by atoms with Crippen molar-refractivity contribution in [1.82, 2.24) is 5.32 Å². The molecule has 17 heavy (non-hydrogen) atoms. The van der Waals surface area contributed by atoms with Crippen molar-refractivity contribution in [2.75, 3.05) is 6.61 Å². The molecule has 2 atom stereocenters. The molecular formula is C11H21NO5. The van der Waals surface area contributed by atoms with Crippen molar-refractivity contribution >= 4 is 11.9 Å². The first-order valence-corrected chi connectivity index (χ1v) is 5.69. The number of carboxylic acids is 1. The summed E-state index contributed by atoms with van der Waals surface area (Å²) in [5.41, 5.74) is 0. The highest BCUT2D eigenvalue weighted by Crippen LogP contribution is 2.04. The van der Waals surface area contributed by atoms with Gasteiger partial charge < -0.3 is 20.6 Å². The largest absolute Gasteiger partial charge is 0.480 e. The highest BCUT2D eigenvalue weighted by atomic mass is 16.4. The molecule has 0 fully saturated rings. The van der Waals surface area contributed by atoms with Gasteiger partial charge in [-0.3, -0.25) is 4.79 Å². The number of hydrogen-bond donors (Lipinski definition) is 4. The molecule has 0 saturated heterocycles. The first-order valence-electron chi connectivity index (χ1n) is 5.69. The Morgan fingerprint density at radius 3 is 2.29 bits per heavy atom. The van der Waals surface area contributed by atoms with Crippen LogP contribution in [0.15, 0.2) is 0 Å². The monoisotopic (exact) mass is 247 g/mol. The quantitative estimate of drug-likeness (QED) is 0.472. The number of amides is 1. The Bertz CT molecular complexity index is 254. The molecule has 0 spiro atoms. The van der Waals surface area contributed by atoms with Gasteiger partial charge in [0.2, 0.25) is 5.91 Å². The van der Waals surface area contributed by atoms with E-state index in [4.69, 9.17) is 15.3 Å². The van der Waals surface area contributed by atoms with E-state index in [0.29, 0.717) is 12.8 Å². The van der Waals surface area contributed by atoms with Crippen molar-refractivity contribution < 1.29 is 24.9 Å². The van der Waals surface area contributed by atoms with E-state index in [-0.39, 0.29) is 24.9 Å². The first kappa shape index (κ1) is 15.9. The van der Waals surface area contributed by atoms with E-state index in [9.17, 15) is 9.59 Å². The smallest absolute Gasteiger partial charge is 0.326 e. The summed E-state index contributed by atoms with van der Waals surface area (Å²) in [6.45, 7) is 3.11. The summed E-state index contributed by atoms with van der Waals surface area (Å²) in [5.74, 6) is -1.58. The number of aliphatic hydroxyl groups is 2. The van der Waals surface area contributed by atoms with Gasteiger partial charge in [0.15, 0.2) is 0 Å². The number of rotatable bonds is 8. The Kier molecular flexibility index (Phi) is 7.49. The molecule has 1 unspecified atom stereocenters. The van der Waals surface area contributed by atoms with Crippen LogP contribution in [0.5, 0.6) is 0 Å². The minimum Gasteiger partial charge on any atom is -0.480 e. The molecule has 0 heterocycles. The zero-order valence-corrected chi connectivity index (χ0v) is 10.2. The van der Waals surface area contributed by atoms with Crippen LogP contribution in [0.2, 0.25) is 0 Å². The van der Waals surface area contributed by atoms with Gasteiger partial charge in [0, 0.05) is 6.42 Å². The number of aliphatic hydroxyl groups excluding tert-OH is 2. The fourth-order valence-corrected chi connectivity index (χ4v) is 1.35. The first-order chi connectivity index (χ1) is 7.88. The maximum Gasteiger partial charge on any atom is 0.326 e. The van der Waals surface area contributed by atoms with Crippen molar-refractivity contribution in [3.05, 3.63) is 0 Å². The summed E-state index contributed by atoms with van der Waals surface area (Å²) in [4.78, 5) is 22.2. The third-order valence-electron chi connectivity index (χ3n) is 2.40. The molecule has 6 nitrogen and oxygen atoms in total. The fourth-order valence-electron chi connectivity index (χ4n) is 1.35. The number of carbonyl (C=O) groups is 2. The van der Waals surface area contributed by atoms with Crippen LogP contribution in [0, 0.1) is 5.92 Å². The fraction of sp³-hybridized carbons (Fsp3) is 0.818. The van der Waals surface area contributed by atoms with Gasteiger partial charge in [0.05, 0.1) is 12.7 Å². The van der Waals surface area contributed by atoms with Crippen LogP contribution in [0.25, 0.3) is 0 Å². The minimum atomic E-state index is -1.05. The molecule has 0 aliphatic rings. The van der Waals surface area contributed by atoms with Crippen molar-refractivity contribution in [2.24, 2.45) is 5.92 Å². The molecule has 0 bridgehead atoms.